The van der Waals surface area contributed by atoms with Gasteiger partial charge in [-0.3, -0.25) is 9.59 Å². The van der Waals surface area contributed by atoms with Crippen LogP contribution in [-0.2, 0) is 10.8 Å². The molecular weight excluding hydrogens is 466 g/mol. The number of anilines is 3. The molecule has 38 heavy (non-hydrogen) atoms. The lowest BCUT2D eigenvalue weighted by Gasteiger charge is -2.49. The Morgan fingerprint density at radius 3 is 2.05 bits per heavy atom. The molecule has 0 N–H and O–H groups in total. The van der Waals surface area contributed by atoms with Crippen molar-refractivity contribution in [2.75, 3.05) is 4.90 Å². The molecule has 6 rings (SSSR count). The highest BCUT2D eigenvalue weighted by molar-refractivity contribution is 6.14. The molecule has 4 aromatic rings. The third-order valence-corrected chi connectivity index (χ3v) is 8.43. The summed E-state index contributed by atoms with van der Waals surface area (Å²) in [4.78, 5) is 27.1. The highest BCUT2D eigenvalue weighted by Crippen LogP contribution is 2.59. The Balaban J connectivity index is 1.51. The van der Waals surface area contributed by atoms with E-state index in [1.54, 1.807) is 24.3 Å². The second-order valence-corrected chi connectivity index (χ2v) is 11.4. The van der Waals surface area contributed by atoms with Gasteiger partial charge in [0.05, 0.1) is 17.1 Å². The Morgan fingerprint density at radius 2 is 1.32 bits per heavy atom. The molecule has 188 valence electrons. The van der Waals surface area contributed by atoms with Crippen LogP contribution in [0.1, 0.15) is 83.2 Å². The normalized spacial score (nSPS) is 16.2. The number of hydrogen-bond donors (Lipinski definition) is 0. The number of Topliss-reactive ketones (excluding diaryl/α,β-unsaturated/α-hetero) is 1. The maximum atomic E-state index is 13.2. The predicted octanol–water partition coefficient (Wildman–Crippen LogP) is 8.53. The smallest absolute Gasteiger partial charge is 0.189 e. The van der Waals surface area contributed by atoms with E-state index in [2.05, 4.69) is 93.3 Å². The zero-order valence-electron chi connectivity index (χ0n) is 22.5. The molecule has 2 heterocycles. The van der Waals surface area contributed by atoms with Gasteiger partial charge in [-0.05, 0) is 64.6 Å². The molecule has 0 aromatic heterocycles. The molecule has 0 spiro atoms. The average Bonchev–Trinajstić information content (AvgIpc) is 2.92. The maximum Gasteiger partial charge on any atom is 0.189 e. The lowest BCUT2D eigenvalue weighted by atomic mass is 9.66. The van der Waals surface area contributed by atoms with Gasteiger partial charge in [0.2, 0.25) is 0 Å². The summed E-state index contributed by atoms with van der Waals surface area (Å²) in [6.45, 7) is 11.0. The van der Waals surface area contributed by atoms with Gasteiger partial charge in [-0.1, -0.05) is 94.4 Å². The Labute approximate surface area is 224 Å². The first-order chi connectivity index (χ1) is 18.2. The summed E-state index contributed by atoms with van der Waals surface area (Å²) in [6.07, 6.45) is 2.67. The van der Waals surface area contributed by atoms with E-state index in [-0.39, 0.29) is 16.6 Å². The van der Waals surface area contributed by atoms with Crippen molar-refractivity contribution in [2.24, 2.45) is 0 Å². The fourth-order valence-corrected chi connectivity index (χ4v) is 6.32. The highest BCUT2D eigenvalue weighted by atomic mass is 16.1. The minimum Gasteiger partial charge on any atom is -0.309 e. The number of fused-ring (bicyclic) bond motifs is 4. The fraction of sp³-hybridized carbons (Fsp3) is 0.200. The Hall–Kier alpha value is -4.24. The number of allylic oxidation sites excluding steroid dienone is 1. The number of carbonyl (C=O) groups is 2. The summed E-state index contributed by atoms with van der Waals surface area (Å²) in [5, 5.41) is 0. The summed E-state index contributed by atoms with van der Waals surface area (Å²) in [5.74, 6) is -0.133. The summed E-state index contributed by atoms with van der Waals surface area (Å²) < 4.78 is 0. The van der Waals surface area contributed by atoms with Crippen molar-refractivity contribution >= 4 is 35.2 Å². The summed E-state index contributed by atoms with van der Waals surface area (Å²) >= 11 is 0. The van der Waals surface area contributed by atoms with Gasteiger partial charge in [-0.25, -0.2) is 0 Å². The molecule has 2 aliphatic rings. The van der Waals surface area contributed by atoms with Gasteiger partial charge >= 0.3 is 0 Å². The minimum atomic E-state index is -0.231. The number of nitrogens with zero attached hydrogens (tertiary/aromatic N) is 1. The topological polar surface area (TPSA) is 37.4 Å². The van der Waals surface area contributed by atoms with Crippen LogP contribution in [0.2, 0.25) is 0 Å². The molecule has 0 bridgehead atoms. The first-order valence-corrected chi connectivity index (χ1v) is 13.1. The van der Waals surface area contributed by atoms with Gasteiger partial charge < -0.3 is 4.90 Å². The molecule has 0 amide bonds. The quantitative estimate of drug-likeness (QED) is 0.161. The Morgan fingerprint density at radius 1 is 0.711 bits per heavy atom. The second kappa shape index (κ2) is 8.39. The summed E-state index contributed by atoms with van der Waals surface area (Å²) in [5.41, 5.74) is 10.9. The van der Waals surface area contributed by atoms with E-state index < -0.39 is 0 Å². The van der Waals surface area contributed by atoms with E-state index in [0.717, 1.165) is 11.8 Å². The number of hydrogen-bond acceptors (Lipinski definition) is 3. The third kappa shape index (κ3) is 3.35. The van der Waals surface area contributed by atoms with Crippen LogP contribution < -0.4 is 4.90 Å². The van der Waals surface area contributed by atoms with E-state index in [9.17, 15) is 9.59 Å². The fourth-order valence-electron chi connectivity index (χ4n) is 6.32. The largest absolute Gasteiger partial charge is 0.309 e. The zero-order valence-corrected chi connectivity index (χ0v) is 22.5. The van der Waals surface area contributed by atoms with Gasteiger partial charge in [-0.15, -0.1) is 0 Å². The lowest BCUT2D eigenvalue weighted by Crippen LogP contribution is -2.38. The average molecular weight is 498 g/mol. The monoisotopic (exact) mass is 497 g/mol. The van der Waals surface area contributed by atoms with Crippen molar-refractivity contribution in [1.82, 2.24) is 0 Å². The molecule has 0 unspecified atom stereocenters. The molecule has 0 aliphatic carbocycles. The third-order valence-electron chi connectivity index (χ3n) is 8.43. The van der Waals surface area contributed by atoms with Crippen molar-refractivity contribution in [3.05, 3.63) is 129 Å². The van der Waals surface area contributed by atoms with Crippen LogP contribution in [-0.4, -0.2) is 12.1 Å². The van der Waals surface area contributed by atoms with Crippen LogP contribution in [0.3, 0.4) is 0 Å². The van der Waals surface area contributed by atoms with Gasteiger partial charge in [0.25, 0.3) is 0 Å². The van der Waals surface area contributed by atoms with Crippen LogP contribution in [0.25, 0.3) is 6.08 Å². The molecular formula is C35H31NO2. The van der Waals surface area contributed by atoms with Crippen LogP contribution in [0.5, 0.6) is 0 Å². The van der Waals surface area contributed by atoms with Crippen molar-refractivity contribution in [1.29, 1.82) is 0 Å². The Kier molecular flexibility index (Phi) is 5.32. The van der Waals surface area contributed by atoms with Crippen LogP contribution in [0.4, 0.5) is 17.1 Å². The second-order valence-electron chi connectivity index (χ2n) is 11.4. The number of ketones is 1. The molecule has 0 saturated heterocycles. The molecule has 0 radical (unpaired) electrons. The number of benzene rings is 4. The molecule has 0 saturated carbocycles. The van der Waals surface area contributed by atoms with Crippen molar-refractivity contribution in [3.8, 4) is 0 Å². The number of aldehydes is 1. The maximum absolute atomic E-state index is 13.2. The number of carbonyl (C=O) groups excluding carboxylic acids is 2. The van der Waals surface area contributed by atoms with E-state index >= 15 is 0 Å². The molecule has 4 aromatic carbocycles. The minimum absolute atomic E-state index is 0.107. The van der Waals surface area contributed by atoms with Crippen LogP contribution >= 0.6 is 0 Å². The molecule has 3 nitrogen and oxygen atoms in total. The van der Waals surface area contributed by atoms with E-state index in [4.69, 9.17) is 0 Å². The van der Waals surface area contributed by atoms with Gasteiger partial charge in [0, 0.05) is 22.0 Å². The standard InChI is InChI=1S/C35H31NO2/c1-22(33(38)25-12-7-6-11-24(25)21-37)19-23-17-18-31-29(20-23)35(4,5)28-15-10-14-27-32(28)36(31)30-16-9-8-13-26(30)34(27,2)3/h6-21H,1-5H3/b22-19-. The number of para-hydroxylation sites is 2. The van der Waals surface area contributed by atoms with Crippen molar-refractivity contribution in [3.63, 3.8) is 0 Å². The van der Waals surface area contributed by atoms with E-state index in [1.807, 2.05) is 13.0 Å². The predicted molar refractivity (Wildman–Crippen MR) is 155 cm³/mol. The van der Waals surface area contributed by atoms with Crippen molar-refractivity contribution < 1.29 is 9.59 Å². The first kappa shape index (κ1) is 24.1. The van der Waals surface area contributed by atoms with Crippen LogP contribution in [0, 0.1) is 0 Å². The van der Waals surface area contributed by atoms with Crippen LogP contribution in [0.15, 0.2) is 90.5 Å². The summed E-state index contributed by atoms with van der Waals surface area (Å²) in [7, 11) is 0. The first-order valence-electron chi connectivity index (χ1n) is 13.1. The molecule has 3 heteroatoms. The molecule has 0 atom stereocenters. The van der Waals surface area contributed by atoms with Gasteiger partial charge in [0.15, 0.2) is 12.1 Å². The summed E-state index contributed by atoms with van der Waals surface area (Å²) in [6, 6.07) is 28.9. The Bertz CT molecular complexity index is 1670. The molecule has 0 fully saturated rings. The SMILES string of the molecule is C/C(=C/c1ccc2c(c1)C(C)(C)c1cccc3c1N2c1ccccc1C3(C)C)C(=O)c1ccccc1C=O. The highest BCUT2D eigenvalue weighted by Gasteiger charge is 2.45. The van der Waals surface area contributed by atoms with Gasteiger partial charge in [-0.2, -0.15) is 0 Å². The van der Waals surface area contributed by atoms with E-state index in [0.29, 0.717) is 16.7 Å². The lowest BCUT2D eigenvalue weighted by molar-refractivity contribution is 0.102. The van der Waals surface area contributed by atoms with E-state index in [1.165, 1.54) is 39.3 Å². The molecule has 2 aliphatic heterocycles. The zero-order chi connectivity index (χ0) is 26.8. The van der Waals surface area contributed by atoms with Gasteiger partial charge in [0.1, 0.15) is 0 Å². The number of rotatable bonds is 4. The van der Waals surface area contributed by atoms with Crippen molar-refractivity contribution in [2.45, 2.75) is 45.4 Å².